The molecule has 0 amide bonds. The van der Waals surface area contributed by atoms with E-state index in [2.05, 4.69) is 4.98 Å². The van der Waals surface area contributed by atoms with E-state index in [0.29, 0.717) is 21.5 Å². The van der Waals surface area contributed by atoms with E-state index in [1.54, 1.807) is 12.1 Å². The Hall–Kier alpha value is -1.17. The molecule has 1 N–H and O–H groups in total. The van der Waals surface area contributed by atoms with Crippen LogP contribution in [0.4, 0.5) is 0 Å². The molecule has 2 aromatic rings. The highest BCUT2D eigenvalue weighted by molar-refractivity contribution is 7.91. The Morgan fingerprint density at radius 1 is 1.35 bits per heavy atom. The summed E-state index contributed by atoms with van der Waals surface area (Å²) in [6, 6.07) is 4.72. The predicted molar refractivity (Wildman–Crippen MR) is 65.8 cm³/mol. The number of pyridine rings is 1. The van der Waals surface area contributed by atoms with Crippen LogP contribution >= 0.6 is 11.6 Å². The molecule has 0 fully saturated rings. The van der Waals surface area contributed by atoms with E-state index in [1.807, 2.05) is 0 Å². The van der Waals surface area contributed by atoms with Gasteiger partial charge in [-0.1, -0.05) is 11.6 Å². The number of hydrogen-bond donors (Lipinski definition) is 1. The van der Waals surface area contributed by atoms with Crippen LogP contribution < -0.4 is 0 Å². The molecule has 0 unspecified atom stereocenters. The SMILES string of the molecule is CS(=O)(=O)c1cc(CO)cc2cc(Cl)cnc12. The van der Waals surface area contributed by atoms with Gasteiger partial charge < -0.3 is 5.11 Å². The molecular weight excluding hydrogens is 262 g/mol. The molecule has 0 atom stereocenters. The third-order valence-corrected chi connectivity index (χ3v) is 3.67. The number of aliphatic hydroxyl groups excluding tert-OH is 1. The molecule has 1 aromatic heterocycles. The summed E-state index contributed by atoms with van der Waals surface area (Å²) >= 11 is 5.81. The van der Waals surface area contributed by atoms with E-state index in [9.17, 15) is 8.42 Å². The van der Waals surface area contributed by atoms with Gasteiger partial charge in [-0.2, -0.15) is 0 Å². The van der Waals surface area contributed by atoms with Crippen molar-refractivity contribution in [3.63, 3.8) is 0 Å². The van der Waals surface area contributed by atoms with Crippen molar-refractivity contribution in [2.24, 2.45) is 0 Å². The fraction of sp³-hybridized carbons (Fsp3) is 0.182. The molecule has 17 heavy (non-hydrogen) atoms. The lowest BCUT2D eigenvalue weighted by molar-refractivity contribution is 0.281. The first-order chi connectivity index (χ1) is 7.91. The summed E-state index contributed by atoms with van der Waals surface area (Å²) in [5, 5.41) is 10.1. The number of nitrogens with zero attached hydrogens (tertiary/aromatic N) is 1. The number of hydrogen-bond acceptors (Lipinski definition) is 4. The highest BCUT2D eigenvalue weighted by Gasteiger charge is 2.14. The molecule has 0 aliphatic carbocycles. The molecule has 6 heteroatoms. The summed E-state index contributed by atoms with van der Waals surface area (Å²) < 4.78 is 23.3. The number of aromatic nitrogens is 1. The van der Waals surface area contributed by atoms with Crippen LogP contribution in [0.5, 0.6) is 0 Å². The lowest BCUT2D eigenvalue weighted by atomic mass is 10.1. The maximum Gasteiger partial charge on any atom is 0.177 e. The monoisotopic (exact) mass is 271 g/mol. The van der Waals surface area contributed by atoms with Crippen molar-refractivity contribution >= 4 is 32.3 Å². The molecule has 4 nitrogen and oxygen atoms in total. The minimum Gasteiger partial charge on any atom is -0.392 e. The molecule has 0 bridgehead atoms. The first-order valence-electron chi connectivity index (χ1n) is 4.81. The topological polar surface area (TPSA) is 67.3 Å². The zero-order valence-corrected chi connectivity index (χ0v) is 10.6. The fourth-order valence-corrected chi connectivity index (χ4v) is 2.68. The number of benzene rings is 1. The number of sulfone groups is 1. The molecule has 0 saturated carbocycles. The molecule has 0 radical (unpaired) electrons. The van der Waals surface area contributed by atoms with E-state index in [-0.39, 0.29) is 11.5 Å². The van der Waals surface area contributed by atoms with Gasteiger partial charge >= 0.3 is 0 Å². The van der Waals surface area contributed by atoms with Crippen LogP contribution in [-0.2, 0) is 16.4 Å². The van der Waals surface area contributed by atoms with Crippen LogP contribution in [0.3, 0.4) is 0 Å². The first kappa shape index (κ1) is 12.3. The van der Waals surface area contributed by atoms with Crippen LogP contribution in [0.15, 0.2) is 29.3 Å². The van der Waals surface area contributed by atoms with Crippen molar-refractivity contribution in [2.75, 3.05) is 6.26 Å². The average molecular weight is 272 g/mol. The van der Waals surface area contributed by atoms with E-state index in [1.165, 1.54) is 12.3 Å². The summed E-state index contributed by atoms with van der Waals surface area (Å²) in [5.74, 6) is 0. The number of halogens is 1. The Labute approximate surface area is 104 Å². The molecule has 0 aliphatic heterocycles. The van der Waals surface area contributed by atoms with Crippen LogP contribution in [0, 0.1) is 0 Å². The lowest BCUT2D eigenvalue weighted by Crippen LogP contribution is -2.01. The Kier molecular flexibility index (Phi) is 3.07. The summed E-state index contributed by atoms with van der Waals surface area (Å²) in [7, 11) is -3.39. The van der Waals surface area contributed by atoms with E-state index in [4.69, 9.17) is 16.7 Å². The second kappa shape index (κ2) is 4.25. The van der Waals surface area contributed by atoms with Gasteiger partial charge in [-0.3, -0.25) is 4.98 Å². The van der Waals surface area contributed by atoms with Crippen molar-refractivity contribution in [3.8, 4) is 0 Å². The Morgan fingerprint density at radius 3 is 2.65 bits per heavy atom. The van der Waals surface area contributed by atoms with Gasteiger partial charge in [0.15, 0.2) is 9.84 Å². The van der Waals surface area contributed by atoms with Gasteiger partial charge in [-0.05, 0) is 23.8 Å². The standard InChI is InChI=1S/C11H10ClNO3S/c1-17(15,16)10-3-7(6-14)2-8-4-9(12)5-13-11(8)10/h2-5,14H,6H2,1H3. The minimum atomic E-state index is -3.39. The highest BCUT2D eigenvalue weighted by atomic mass is 35.5. The Bertz CT molecular complexity index is 682. The van der Waals surface area contributed by atoms with Gasteiger partial charge in [-0.15, -0.1) is 0 Å². The normalized spacial score (nSPS) is 11.9. The smallest absolute Gasteiger partial charge is 0.177 e. The predicted octanol–water partition coefficient (Wildman–Crippen LogP) is 1.78. The van der Waals surface area contributed by atoms with E-state index >= 15 is 0 Å². The fourth-order valence-electron chi connectivity index (χ4n) is 1.62. The van der Waals surface area contributed by atoms with Crippen LogP contribution in [0.25, 0.3) is 10.9 Å². The van der Waals surface area contributed by atoms with Gasteiger partial charge in [0.1, 0.15) is 0 Å². The Balaban J connectivity index is 2.90. The van der Waals surface area contributed by atoms with Crippen LogP contribution in [0.1, 0.15) is 5.56 Å². The minimum absolute atomic E-state index is 0.107. The van der Waals surface area contributed by atoms with Crippen LogP contribution in [-0.4, -0.2) is 24.8 Å². The van der Waals surface area contributed by atoms with Gasteiger partial charge in [-0.25, -0.2) is 8.42 Å². The molecule has 0 spiro atoms. The van der Waals surface area contributed by atoms with E-state index < -0.39 is 9.84 Å². The third-order valence-electron chi connectivity index (χ3n) is 2.36. The molecular formula is C11H10ClNO3S. The zero-order valence-electron chi connectivity index (χ0n) is 9.01. The molecule has 2 rings (SSSR count). The molecule has 1 heterocycles. The second-order valence-electron chi connectivity index (χ2n) is 3.75. The van der Waals surface area contributed by atoms with Crippen molar-refractivity contribution in [3.05, 3.63) is 35.0 Å². The summed E-state index contributed by atoms with van der Waals surface area (Å²) in [6.07, 6.45) is 2.51. The van der Waals surface area contributed by atoms with Crippen molar-refractivity contribution in [1.82, 2.24) is 4.98 Å². The average Bonchev–Trinajstić information content (AvgIpc) is 2.25. The van der Waals surface area contributed by atoms with Crippen molar-refractivity contribution < 1.29 is 13.5 Å². The summed E-state index contributed by atoms with van der Waals surface area (Å²) in [4.78, 5) is 4.14. The Morgan fingerprint density at radius 2 is 2.06 bits per heavy atom. The second-order valence-corrected chi connectivity index (χ2v) is 6.17. The molecule has 90 valence electrons. The van der Waals surface area contributed by atoms with Gasteiger partial charge in [0, 0.05) is 17.8 Å². The van der Waals surface area contributed by atoms with Gasteiger partial charge in [0.05, 0.1) is 22.0 Å². The quantitative estimate of drug-likeness (QED) is 0.904. The third kappa shape index (κ3) is 2.41. The van der Waals surface area contributed by atoms with Gasteiger partial charge in [0.25, 0.3) is 0 Å². The van der Waals surface area contributed by atoms with E-state index in [0.717, 1.165) is 6.26 Å². The van der Waals surface area contributed by atoms with Gasteiger partial charge in [0.2, 0.25) is 0 Å². The first-order valence-corrected chi connectivity index (χ1v) is 7.08. The van der Waals surface area contributed by atoms with Crippen molar-refractivity contribution in [2.45, 2.75) is 11.5 Å². The largest absolute Gasteiger partial charge is 0.392 e. The molecule has 0 saturated heterocycles. The highest BCUT2D eigenvalue weighted by Crippen LogP contribution is 2.25. The summed E-state index contributed by atoms with van der Waals surface area (Å²) in [6.45, 7) is -0.231. The number of fused-ring (bicyclic) bond motifs is 1. The zero-order chi connectivity index (χ0) is 12.6. The van der Waals surface area contributed by atoms with Crippen molar-refractivity contribution in [1.29, 1.82) is 0 Å². The molecule has 0 aliphatic rings. The molecule has 1 aromatic carbocycles. The maximum atomic E-state index is 11.6. The maximum absolute atomic E-state index is 11.6. The van der Waals surface area contributed by atoms with Crippen LogP contribution in [0.2, 0.25) is 5.02 Å². The number of aliphatic hydroxyl groups is 1. The summed E-state index contributed by atoms with van der Waals surface area (Å²) in [5.41, 5.74) is 0.885. The lowest BCUT2D eigenvalue weighted by Gasteiger charge is -2.07. The number of rotatable bonds is 2.